The Labute approximate surface area is 230 Å². The maximum absolute atomic E-state index is 13.8. The number of nitrogens with zero attached hydrogens (tertiary/aromatic N) is 3. The summed E-state index contributed by atoms with van der Waals surface area (Å²) < 4.78 is 41.3. The molecule has 1 saturated heterocycles. The van der Waals surface area contributed by atoms with Gasteiger partial charge in [-0.15, -0.1) is 11.3 Å². The van der Waals surface area contributed by atoms with Gasteiger partial charge in [-0.05, 0) is 67.4 Å². The molecular weight excluding hydrogens is 535 g/mol. The van der Waals surface area contributed by atoms with Crippen LogP contribution in [-0.4, -0.2) is 73.8 Å². The van der Waals surface area contributed by atoms with Crippen molar-refractivity contribution in [3.8, 4) is 10.4 Å². The van der Waals surface area contributed by atoms with E-state index in [4.69, 9.17) is 0 Å². The Bertz CT molecular complexity index is 1140. The minimum Gasteiger partial charge on any atom is -0.388 e. The molecule has 1 aliphatic rings. The van der Waals surface area contributed by atoms with Gasteiger partial charge in [0.1, 0.15) is 5.82 Å². The third-order valence-electron chi connectivity index (χ3n) is 5.96. The van der Waals surface area contributed by atoms with Crippen LogP contribution in [0.3, 0.4) is 0 Å². The number of aliphatic hydroxyl groups excluding tert-OH is 1. The number of hydrogen-bond donors (Lipinski definition) is 4. The molecule has 0 radical (unpaired) electrons. The van der Waals surface area contributed by atoms with Gasteiger partial charge in [-0.25, -0.2) is 9.97 Å². The van der Waals surface area contributed by atoms with E-state index < -0.39 is 34.9 Å². The molecule has 2 unspecified atom stereocenters. The smallest absolute Gasteiger partial charge is 0.388 e. The maximum Gasteiger partial charge on any atom is 0.417 e. The Morgan fingerprint density at radius 3 is 2.38 bits per heavy atom. The molecule has 3 heterocycles. The standard InChI is InChI=1S/C20H27F3N4O3S.C6H11NO/c1-10-15(31-17(26-10)16(29)25-9-13(28)19(5,6)30)11-8-24-14(27-18(2,3)4)7-12(11)20(21,22)23;1-6-3-2-4-7(6)5-8/h7-8,13,28,30H,9H2,1-6H3,(H,24,27)(H,25,29);5-6H,2-4H2,1H3. The number of anilines is 1. The Hall–Kier alpha value is -2.77. The Morgan fingerprint density at radius 2 is 1.92 bits per heavy atom. The van der Waals surface area contributed by atoms with E-state index in [1.165, 1.54) is 33.6 Å². The summed E-state index contributed by atoms with van der Waals surface area (Å²) in [6, 6.07) is 1.44. The predicted molar refractivity (Wildman–Crippen MR) is 145 cm³/mol. The van der Waals surface area contributed by atoms with Crippen LogP contribution in [-0.2, 0) is 11.0 Å². The number of thiazole rings is 1. The van der Waals surface area contributed by atoms with Gasteiger partial charge in [-0.2, -0.15) is 13.2 Å². The van der Waals surface area contributed by atoms with E-state index in [0.29, 0.717) is 6.04 Å². The number of carbonyl (C=O) groups is 2. The first kappa shape index (κ1) is 32.4. The fourth-order valence-corrected chi connectivity index (χ4v) is 4.70. The number of hydrogen-bond acceptors (Lipinski definition) is 8. The molecule has 4 N–H and O–H groups in total. The van der Waals surface area contributed by atoms with Crippen LogP contribution in [0.1, 0.15) is 75.4 Å². The third kappa shape index (κ3) is 9.43. The topological polar surface area (TPSA) is 128 Å². The van der Waals surface area contributed by atoms with E-state index in [1.807, 2.05) is 25.7 Å². The zero-order valence-electron chi connectivity index (χ0n) is 23.3. The summed E-state index contributed by atoms with van der Waals surface area (Å²) in [6.45, 7) is 12.5. The van der Waals surface area contributed by atoms with Gasteiger partial charge < -0.3 is 25.7 Å². The minimum absolute atomic E-state index is 0.0551. The van der Waals surface area contributed by atoms with E-state index in [1.54, 1.807) is 0 Å². The Morgan fingerprint density at radius 1 is 1.28 bits per heavy atom. The molecule has 0 saturated carbocycles. The van der Waals surface area contributed by atoms with Crippen LogP contribution in [0.2, 0.25) is 0 Å². The summed E-state index contributed by atoms with van der Waals surface area (Å²) in [5.41, 5.74) is -2.70. The predicted octanol–water partition coefficient (Wildman–Crippen LogP) is 4.23. The average molecular weight is 574 g/mol. The molecule has 3 rings (SSSR count). The number of aromatic nitrogens is 2. The molecule has 0 bridgehead atoms. The maximum atomic E-state index is 13.8. The first-order chi connectivity index (χ1) is 17.8. The number of likely N-dealkylation sites (tertiary alicyclic amines) is 1. The van der Waals surface area contributed by atoms with Crippen molar-refractivity contribution < 1.29 is 33.0 Å². The van der Waals surface area contributed by atoms with Crippen LogP contribution < -0.4 is 10.6 Å². The molecule has 39 heavy (non-hydrogen) atoms. The van der Waals surface area contributed by atoms with Gasteiger partial charge in [0.05, 0.1) is 27.8 Å². The average Bonchev–Trinajstić information content (AvgIpc) is 3.40. The molecule has 218 valence electrons. The van der Waals surface area contributed by atoms with Crippen LogP contribution in [0.15, 0.2) is 12.3 Å². The lowest BCUT2D eigenvalue weighted by molar-refractivity contribution is -0.137. The Balaban J connectivity index is 0.000000568. The van der Waals surface area contributed by atoms with Gasteiger partial charge in [-0.1, -0.05) is 0 Å². The van der Waals surface area contributed by atoms with Crippen LogP contribution >= 0.6 is 11.3 Å². The van der Waals surface area contributed by atoms with E-state index in [2.05, 4.69) is 27.5 Å². The lowest BCUT2D eigenvalue weighted by atomic mass is 10.0. The second kappa shape index (κ2) is 12.6. The molecule has 1 fully saturated rings. The van der Waals surface area contributed by atoms with Gasteiger partial charge in [-0.3, -0.25) is 9.59 Å². The van der Waals surface area contributed by atoms with Crippen molar-refractivity contribution in [3.63, 3.8) is 0 Å². The molecule has 0 aliphatic carbocycles. The van der Waals surface area contributed by atoms with Gasteiger partial charge >= 0.3 is 6.18 Å². The SMILES string of the molecule is CC1CCCN1C=O.Cc1nc(C(=O)NCC(O)C(C)(C)O)sc1-c1cnc(NC(C)(C)C)cc1C(F)(F)F. The number of aliphatic hydroxyl groups is 2. The van der Waals surface area contributed by atoms with E-state index >= 15 is 0 Å². The second-order valence-corrected chi connectivity index (χ2v) is 12.1. The van der Waals surface area contributed by atoms with Gasteiger partial charge in [0, 0.05) is 36.4 Å². The van der Waals surface area contributed by atoms with Crippen molar-refractivity contribution >= 4 is 29.5 Å². The highest BCUT2D eigenvalue weighted by Crippen LogP contribution is 2.41. The summed E-state index contributed by atoms with van der Waals surface area (Å²) in [4.78, 5) is 32.7. The number of alkyl halides is 3. The number of rotatable bonds is 7. The molecule has 2 atom stereocenters. The quantitative estimate of drug-likeness (QED) is 0.365. The van der Waals surface area contributed by atoms with E-state index in [-0.39, 0.29) is 33.5 Å². The van der Waals surface area contributed by atoms with E-state index in [9.17, 15) is 33.0 Å². The van der Waals surface area contributed by atoms with Crippen molar-refractivity contribution in [1.82, 2.24) is 20.2 Å². The molecule has 2 aromatic rings. The summed E-state index contributed by atoms with van der Waals surface area (Å²) in [5, 5.41) is 24.9. The highest BCUT2D eigenvalue weighted by Gasteiger charge is 2.36. The van der Waals surface area contributed by atoms with Crippen molar-refractivity contribution in [1.29, 1.82) is 0 Å². The molecule has 0 aromatic carbocycles. The second-order valence-electron chi connectivity index (χ2n) is 11.1. The third-order valence-corrected chi connectivity index (χ3v) is 7.15. The summed E-state index contributed by atoms with van der Waals surface area (Å²) in [7, 11) is 0. The molecule has 0 spiro atoms. The van der Waals surface area contributed by atoms with Crippen molar-refractivity contribution in [2.75, 3.05) is 18.4 Å². The number of nitrogens with one attached hydrogen (secondary N) is 2. The van der Waals surface area contributed by atoms with Crippen LogP contribution in [0, 0.1) is 6.92 Å². The number of halogens is 3. The number of amides is 2. The van der Waals surface area contributed by atoms with Crippen molar-refractivity contribution in [3.05, 3.63) is 28.5 Å². The largest absolute Gasteiger partial charge is 0.417 e. The molecule has 13 heteroatoms. The fraction of sp³-hybridized carbons (Fsp3) is 0.615. The summed E-state index contributed by atoms with van der Waals surface area (Å²) in [5.74, 6) is -0.570. The zero-order valence-corrected chi connectivity index (χ0v) is 24.1. The van der Waals surface area contributed by atoms with Crippen LogP contribution in [0.4, 0.5) is 19.0 Å². The highest BCUT2D eigenvalue weighted by atomic mass is 32.1. The normalized spacial score (nSPS) is 16.8. The van der Waals surface area contributed by atoms with Crippen LogP contribution in [0.5, 0.6) is 0 Å². The molecule has 2 amide bonds. The summed E-state index contributed by atoms with van der Waals surface area (Å²) in [6.07, 6.45) is -1.43. The van der Waals surface area contributed by atoms with Crippen molar-refractivity contribution in [2.24, 2.45) is 0 Å². The molecule has 2 aromatic heterocycles. The monoisotopic (exact) mass is 573 g/mol. The molecular formula is C26H38F3N5O4S. The first-order valence-electron chi connectivity index (χ1n) is 12.6. The Kier molecular flexibility index (Phi) is 10.5. The lowest BCUT2D eigenvalue weighted by Gasteiger charge is -2.24. The number of aryl methyl sites for hydroxylation is 1. The van der Waals surface area contributed by atoms with Gasteiger partial charge in [0.2, 0.25) is 6.41 Å². The zero-order chi connectivity index (χ0) is 29.8. The number of pyridine rings is 1. The van der Waals surface area contributed by atoms with E-state index in [0.717, 1.165) is 36.6 Å². The fourth-order valence-electron chi connectivity index (χ4n) is 3.69. The summed E-state index contributed by atoms with van der Waals surface area (Å²) >= 11 is 0.801. The van der Waals surface area contributed by atoms with Gasteiger partial charge in [0.25, 0.3) is 5.91 Å². The first-order valence-corrected chi connectivity index (χ1v) is 13.4. The van der Waals surface area contributed by atoms with Crippen molar-refractivity contribution in [2.45, 2.75) is 90.8 Å². The molecule has 1 aliphatic heterocycles. The number of carbonyl (C=O) groups excluding carboxylic acids is 2. The van der Waals surface area contributed by atoms with Crippen LogP contribution in [0.25, 0.3) is 10.4 Å². The van der Waals surface area contributed by atoms with Gasteiger partial charge in [0.15, 0.2) is 5.01 Å². The highest BCUT2D eigenvalue weighted by molar-refractivity contribution is 7.17. The minimum atomic E-state index is -4.64. The lowest BCUT2D eigenvalue weighted by Crippen LogP contribution is -2.44. The molecule has 9 nitrogen and oxygen atoms in total.